The predicted molar refractivity (Wildman–Crippen MR) is 74.6 cm³/mol. The molecule has 0 N–H and O–H groups in total. The molecule has 3 rings (SSSR count). The van der Waals surface area contributed by atoms with Crippen LogP contribution in [0.25, 0.3) is 0 Å². The summed E-state index contributed by atoms with van der Waals surface area (Å²) in [5.74, 6) is 1.69. The van der Waals surface area contributed by atoms with Gasteiger partial charge in [-0.15, -0.1) is 0 Å². The highest BCUT2D eigenvalue weighted by Crippen LogP contribution is 2.41. The number of aryl methyl sites for hydroxylation is 1. The Labute approximate surface area is 112 Å². The predicted octanol–water partition coefficient (Wildman–Crippen LogP) is 4.46. The van der Waals surface area contributed by atoms with Crippen LogP contribution in [-0.4, -0.2) is 9.81 Å². The lowest BCUT2D eigenvalue weighted by molar-refractivity contribution is 0.482. The maximum absolute atomic E-state index is 4.62. The highest BCUT2D eigenvalue weighted by molar-refractivity contribution is 9.09. The van der Waals surface area contributed by atoms with Crippen molar-refractivity contribution in [2.24, 2.45) is 5.92 Å². The highest BCUT2D eigenvalue weighted by Gasteiger charge is 2.30. The van der Waals surface area contributed by atoms with Gasteiger partial charge in [-0.3, -0.25) is 4.98 Å². The molecule has 2 unspecified atom stereocenters. The third-order valence-corrected chi connectivity index (χ3v) is 5.44. The van der Waals surface area contributed by atoms with Crippen molar-refractivity contribution < 1.29 is 0 Å². The number of halogens is 1. The van der Waals surface area contributed by atoms with Gasteiger partial charge in [0.05, 0.1) is 0 Å². The topological polar surface area (TPSA) is 12.9 Å². The Balaban J connectivity index is 1.63. The molecule has 1 heterocycles. The first kappa shape index (κ1) is 11.7. The van der Waals surface area contributed by atoms with Gasteiger partial charge in [-0.1, -0.05) is 22.0 Å². The smallest absolute Gasteiger partial charge is 0.0466 e. The van der Waals surface area contributed by atoms with Crippen LogP contribution in [0.15, 0.2) is 18.3 Å². The van der Waals surface area contributed by atoms with E-state index in [1.54, 1.807) is 0 Å². The molecule has 1 nitrogen and oxygen atoms in total. The maximum atomic E-state index is 4.62. The van der Waals surface area contributed by atoms with Crippen LogP contribution in [0.4, 0.5) is 0 Å². The molecule has 1 aromatic heterocycles. The highest BCUT2D eigenvalue weighted by atomic mass is 79.9. The van der Waals surface area contributed by atoms with E-state index in [1.165, 1.54) is 56.2 Å². The Morgan fingerprint density at radius 2 is 2.24 bits per heavy atom. The first-order chi connectivity index (χ1) is 8.34. The Bertz CT molecular complexity index is 386. The lowest BCUT2D eigenvalue weighted by Crippen LogP contribution is -2.13. The summed E-state index contributed by atoms with van der Waals surface area (Å²) in [5.41, 5.74) is 2.90. The van der Waals surface area contributed by atoms with E-state index in [-0.39, 0.29) is 0 Å². The third kappa shape index (κ3) is 2.73. The number of pyridine rings is 1. The van der Waals surface area contributed by atoms with E-state index in [0.29, 0.717) is 0 Å². The molecule has 2 heteroatoms. The molecule has 0 aliphatic heterocycles. The number of nitrogens with zero attached hydrogens (tertiary/aromatic N) is 1. The van der Waals surface area contributed by atoms with Crippen LogP contribution in [0.1, 0.15) is 55.7 Å². The molecule has 1 saturated carbocycles. The molecule has 0 amide bonds. The molecular formula is C15H20BrN. The van der Waals surface area contributed by atoms with Crippen molar-refractivity contribution in [2.45, 2.75) is 55.7 Å². The van der Waals surface area contributed by atoms with Crippen LogP contribution < -0.4 is 0 Å². The van der Waals surface area contributed by atoms with Gasteiger partial charge in [0.2, 0.25) is 0 Å². The number of alkyl halides is 1. The van der Waals surface area contributed by atoms with Crippen LogP contribution in [-0.2, 0) is 6.42 Å². The minimum atomic E-state index is 0.721. The van der Waals surface area contributed by atoms with Gasteiger partial charge in [-0.25, -0.2) is 0 Å². The molecule has 17 heavy (non-hydrogen) atoms. The zero-order valence-electron chi connectivity index (χ0n) is 10.2. The lowest BCUT2D eigenvalue weighted by Gasteiger charge is -2.25. The van der Waals surface area contributed by atoms with E-state index >= 15 is 0 Å². The molecule has 1 fully saturated rings. The van der Waals surface area contributed by atoms with Gasteiger partial charge < -0.3 is 0 Å². The molecule has 2 atom stereocenters. The van der Waals surface area contributed by atoms with Crippen molar-refractivity contribution in [3.63, 3.8) is 0 Å². The first-order valence-electron chi connectivity index (χ1n) is 6.92. The van der Waals surface area contributed by atoms with E-state index in [4.69, 9.17) is 0 Å². The number of hydrogen-bond donors (Lipinski definition) is 0. The number of aromatic nitrogens is 1. The van der Waals surface area contributed by atoms with Crippen LogP contribution in [0.2, 0.25) is 0 Å². The zero-order chi connectivity index (χ0) is 11.7. The fourth-order valence-corrected chi connectivity index (χ4v) is 3.83. The third-order valence-electron chi connectivity index (χ3n) is 4.24. The van der Waals surface area contributed by atoms with Gasteiger partial charge in [-0.05, 0) is 62.5 Å². The zero-order valence-corrected chi connectivity index (χ0v) is 11.8. The average Bonchev–Trinajstić information content (AvgIpc) is 3.20. The van der Waals surface area contributed by atoms with Crippen molar-refractivity contribution in [3.05, 3.63) is 29.6 Å². The lowest BCUT2D eigenvalue weighted by atomic mass is 9.83. The Morgan fingerprint density at radius 3 is 3.06 bits per heavy atom. The van der Waals surface area contributed by atoms with Crippen molar-refractivity contribution in [2.75, 3.05) is 0 Å². The molecule has 2 aliphatic carbocycles. The van der Waals surface area contributed by atoms with E-state index < -0.39 is 0 Å². The number of fused-ring (bicyclic) bond motifs is 1. The summed E-state index contributed by atoms with van der Waals surface area (Å²) in [4.78, 5) is 5.38. The van der Waals surface area contributed by atoms with Crippen molar-refractivity contribution in [1.29, 1.82) is 0 Å². The minimum absolute atomic E-state index is 0.721. The molecule has 0 spiro atoms. The summed E-state index contributed by atoms with van der Waals surface area (Å²) in [6.07, 6.45) is 11.4. The summed E-state index contributed by atoms with van der Waals surface area (Å²) in [6.45, 7) is 0. The monoisotopic (exact) mass is 293 g/mol. The van der Waals surface area contributed by atoms with Gasteiger partial charge in [0, 0.05) is 22.6 Å². The fraction of sp³-hybridized carbons (Fsp3) is 0.667. The molecular weight excluding hydrogens is 274 g/mol. The maximum Gasteiger partial charge on any atom is 0.0466 e. The average molecular weight is 294 g/mol. The minimum Gasteiger partial charge on any atom is -0.261 e. The summed E-state index contributed by atoms with van der Waals surface area (Å²) >= 11 is 3.85. The van der Waals surface area contributed by atoms with Gasteiger partial charge in [0.1, 0.15) is 0 Å². The summed E-state index contributed by atoms with van der Waals surface area (Å²) in [6, 6.07) is 4.35. The molecule has 92 valence electrons. The summed E-state index contributed by atoms with van der Waals surface area (Å²) < 4.78 is 0. The molecule has 0 radical (unpaired) electrons. The molecule has 2 aliphatic rings. The second kappa shape index (κ2) is 5.09. The number of rotatable bonds is 4. The van der Waals surface area contributed by atoms with Crippen molar-refractivity contribution >= 4 is 15.9 Å². The second-order valence-corrected chi connectivity index (χ2v) is 6.74. The van der Waals surface area contributed by atoms with Crippen molar-refractivity contribution in [3.8, 4) is 0 Å². The van der Waals surface area contributed by atoms with Gasteiger partial charge >= 0.3 is 0 Å². The van der Waals surface area contributed by atoms with Gasteiger partial charge in [0.25, 0.3) is 0 Å². The standard InChI is InChI=1S/C15H20BrN/c16-14(11-6-7-11)9-8-13-4-1-3-12-5-2-10-17-15(12)13/h2,5,10-11,13-14H,1,3-4,6-9H2. The van der Waals surface area contributed by atoms with E-state index in [0.717, 1.165) is 16.7 Å². The molecule has 0 bridgehead atoms. The normalized spacial score (nSPS) is 25.4. The Morgan fingerprint density at radius 1 is 1.35 bits per heavy atom. The second-order valence-electron chi connectivity index (χ2n) is 5.57. The van der Waals surface area contributed by atoms with Crippen molar-refractivity contribution in [1.82, 2.24) is 4.98 Å². The van der Waals surface area contributed by atoms with Crippen LogP contribution >= 0.6 is 15.9 Å². The summed E-state index contributed by atoms with van der Waals surface area (Å²) in [7, 11) is 0. The SMILES string of the molecule is BrC(CCC1CCCc2cccnc21)C1CC1. The van der Waals surface area contributed by atoms with E-state index in [1.807, 2.05) is 6.20 Å². The summed E-state index contributed by atoms with van der Waals surface area (Å²) in [5, 5.41) is 0. The quantitative estimate of drug-likeness (QED) is 0.747. The first-order valence-corrected chi connectivity index (χ1v) is 7.84. The molecule has 0 aromatic carbocycles. The fourth-order valence-electron chi connectivity index (χ4n) is 3.04. The Hall–Kier alpha value is -0.370. The van der Waals surface area contributed by atoms with Crippen LogP contribution in [0, 0.1) is 5.92 Å². The van der Waals surface area contributed by atoms with E-state index in [2.05, 4.69) is 33.0 Å². The van der Waals surface area contributed by atoms with Crippen LogP contribution in [0.3, 0.4) is 0 Å². The Kier molecular flexibility index (Phi) is 3.51. The van der Waals surface area contributed by atoms with Gasteiger partial charge in [-0.2, -0.15) is 0 Å². The number of hydrogen-bond acceptors (Lipinski definition) is 1. The molecule has 1 aromatic rings. The molecule has 0 saturated heterocycles. The largest absolute Gasteiger partial charge is 0.261 e. The van der Waals surface area contributed by atoms with Gasteiger partial charge in [0.15, 0.2) is 0 Å². The van der Waals surface area contributed by atoms with E-state index in [9.17, 15) is 0 Å². The van der Waals surface area contributed by atoms with Crippen LogP contribution in [0.5, 0.6) is 0 Å².